The van der Waals surface area contributed by atoms with Gasteiger partial charge in [-0.05, 0) is 42.8 Å². The Hall–Kier alpha value is -2.50. The van der Waals surface area contributed by atoms with Crippen LogP contribution in [0.25, 0.3) is 0 Å². The highest BCUT2D eigenvalue weighted by Gasteiger charge is 2.31. The molecule has 0 saturated carbocycles. The van der Waals surface area contributed by atoms with Crippen LogP contribution in [0.5, 0.6) is 5.75 Å². The van der Waals surface area contributed by atoms with Gasteiger partial charge in [0.05, 0.1) is 0 Å². The van der Waals surface area contributed by atoms with Crippen LogP contribution in [0.2, 0.25) is 0 Å². The van der Waals surface area contributed by atoms with E-state index in [2.05, 4.69) is 10.1 Å². The first-order chi connectivity index (χ1) is 9.85. The number of carbonyl (C=O) groups is 1. The van der Waals surface area contributed by atoms with Crippen molar-refractivity contribution in [1.29, 1.82) is 0 Å². The van der Waals surface area contributed by atoms with Crippen LogP contribution in [0.1, 0.15) is 15.9 Å². The number of ether oxygens (including phenoxy) is 1. The van der Waals surface area contributed by atoms with Crippen molar-refractivity contribution < 1.29 is 22.7 Å². The lowest BCUT2D eigenvalue weighted by Crippen LogP contribution is -2.17. The average molecular weight is 295 g/mol. The molecule has 3 nitrogen and oxygen atoms in total. The molecule has 0 aliphatic heterocycles. The Labute approximate surface area is 119 Å². The van der Waals surface area contributed by atoms with Crippen molar-refractivity contribution in [1.82, 2.24) is 0 Å². The zero-order valence-corrected chi connectivity index (χ0v) is 11.1. The van der Waals surface area contributed by atoms with E-state index in [9.17, 15) is 18.0 Å². The second kappa shape index (κ2) is 5.87. The van der Waals surface area contributed by atoms with Gasteiger partial charge in [0.2, 0.25) is 0 Å². The predicted octanol–water partition coefficient (Wildman–Crippen LogP) is 4.15. The summed E-state index contributed by atoms with van der Waals surface area (Å²) in [5, 5.41) is 2.64. The summed E-state index contributed by atoms with van der Waals surface area (Å²) in [5.41, 5.74) is 1.37. The summed E-state index contributed by atoms with van der Waals surface area (Å²) in [6, 6.07) is 12.3. The van der Waals surface area contributed by atoms with Crippen LogP contribution in [-0.2, 0) is 0 Å². The van der Waals surface area contributed by atoms with E-state index in [1.54, 1.807) is 37.3 Å². The van der Waals surface area contributed by atoms with Crippen molar-refractivity contribution in [3.8, 4) is 5.75 Å². The maximum absolute atomic E-state index is 12.1. The third-order valence-corrected chi connectivity index (χ3v) is 2.72. The zero-order chi connectivity index (χ0) is 15.5. The number of benzene rings is 2. The van der Waals surface area contributed by atoms with Crippen LogP contribution in [0.15, 0.2) is 48.5 Å². The van der Waals surface area contributed by atoms with Crippen LogP contribution < -0.4 is 10.1 Å². The lowest BCUT2D eigenvalue weighted by molar-refractivity contribution is -0.274. The quantitative estimate of drug-likeness (QED) is 0.924. The van der Waals surface area contributed by atoms with Gasteiger partial charge < -0.3 is 10.1 Å². The van der Waals surface area contributed by atoms with E-state index >= 15 is 0 Å². The molecular weight excluding hydrogens is 283 g/mol. The van der Waals surface area contributed by atoms with Gasteiger partial charge >= 0.3 is 6.36 Å². The Morgan fingerprint density at radius 2 is 1.76 bits per heavy atom. The lowest BCUT2D eigenvalue weighted by Gasteiger charge is -2.12. The second-order valence-electron chi connectivity index (χ2n) is 4.34. The number of aryl methyl sites for hydroxylation is 1. The van der Waals surface area contributed by atoms with Crippen molar-refractivity contribution in [3.05, 3.63) is 59.7 Å². The molecule has 0 fully saturated rings. The van der Waals surface area contributed by atoms with E-state index in [0.717, 1.165) is 6.07 Å². The fourth-order valence-electron chi connectivity index (χ4n) is 1.76. The standard InChI is InChI=1S/C15H12F3NO2/c1-10-9-12(21-15(16,17)18)7-8-13(10)19-14(20)11-5-3-2-4-6-11/h2-9H,1H3,(H,19,20). The molecular formula is C15H12F3NO2. The highest BCUT2D eigenvalue weighted by atomic mass is 19.4. The lowest BCUT2D eigenvalue weighted by atomic mass is 10.1. The topological polar surface area (TPSA) is 38.3 Å². The smallest absolute Gasteiger partial charge is 0.406 e. The van der Waals surface area contributed by atoms with Gasteiger partial charge in [-0.25, -0.2) is 0 Å². The van der Waals surface area contributed by atoms with Crippen LogP contribution in [0.3, 0.4) is 0 Å². The molecule has 0 aliphatic rings. The number of nitrogens with one attached hydrogen (secondary N) is 1. The Kier molecular flexibility index (Phi) is 4.16. The molecule has 2 rings (SSSR count). The molecule has 0 atom stereocenters. The molecule has 0 unspecified atom stereocenters. The molecule has 0 radical (unpaired) electrons. The van der Waals surface area contributed by atoms with E-state index in [4.69, 9.17) is 0 Å². The van der Waals surface area contributed by atoms with Gasteiger partial charge in [0, 0.05) is 11.3 Å². The molecule has 6 heteroatoms. The number of anilines is 1. The molecule has 21 heavy (non-hydrogen) atoms. The fraction of sp³-hybridized carbons (Fsp3) is 0.133. The largest absolute Gasteiger partial charge is 0.573 e. The number of carbonyl (C=O) groups excluding carboxylic acids is 1. The zero-order valence-electron chi connectivity index (χ0n) is 11.1. The monoisotopic (exact) mass is 295 g/mol. The summed E-state index contributed by atoms with van der Waals surface area (Å²) >= 11 is 0. The van der Waals surface area contributed by atoms with Gasteiger partial charge in [0.25, 0.3) is 5.91 Å². The minimum Gasteiger partial charge on any atom is -0.406 e. The normalized spacial score (nSPS) is 11.0. The maximum Gasteiger partial charge on any atom is 0.573 e. The Morgan fingerprint density at radius 1 is 1.10 bits per heavy atom. The summed E-state index contributed by atoms with van der Waals surface area (Å²) in [6.45, 7) is 1.59. The highest BCUT2D eigenvalue weighted by molar-refractivity contribution is 6.04. The van der Waals surface area contributed by atoms with Gasteiger partial charge in [0.1, 0.15) is 5.75 Å². The Balaban J connectivity index is 2.13. The minimum absolute atomic E-state index is 0.322. The van der Waals surface area contributed by atoms with Crippen molar-refractivity contribution in [2.45, 2.75) is 13.3 Å². The molecule has 1 N–H and O–H groups in total. The Bertz CT molecular complexity index is 639. The molecule has 0 aromatic heterocycles. The summed E-state index contributed by atoms with van der Waals surface area (Å²) in [5.74, 6) is -0.652. The molecule has 0 bridgehead atoms. The second-order valence-corrected chi connectivity index (χ2v) is 4.34. The molecule has 110 valence electrons. The highest BCUT2D eigenvalue weighted by Crippen LogP contribution is 2.27. The van der Waals surface area contributed by atoms with E-state index < -0.39 is 6.36 Å². The first-order valence-electron chi connectivity index (χ1n) is 6.08. The van der Waals surface area contributed by atoms with Crippen LogP contribution in [0, 0.1) is 6.92 Å². The van der Waals surface area contributed by atoms with Gasteiger partial charge in [-0.3, -0.25) is 4.79 Å². The van der Waals surface area contributed by atoms with Gasteiger partial charge in [-0.2, -0.15) is 0 Å². The van der Waals surface area contributed by atoms with Crippen molar-refractivity contribution >= 4 is 11.6 Å². The average Bonchev–Trinajstić information content (AvgIpc) is 2.41. The summed E-state index contributed by atoms with van der Waals surface area (Å²) in [6.07, 6.45) is -4.73. The maximum atomic E-state index is 12.1. The van der Waals surface area contributed by atoms with E-state index in [0.29, 0.717) is 16.8 Å². The third-order valence-electron chi connectivity index (χ3n) is 2.72. The van der Waals surface area contributed by atoms with Crippen molar-refractivity contribution in [3.63, 3.8) is 0 Å². The van der Waals surface area contributed by atoms with Crippen LogP contribution in [0.4, 0.5) is 18.9 Å². The summed E-state index contributed by atoms with van der Waals surface area (Å²) in [7, 11) is 0. The SMILES string of the molecule is Cc1cc(OC(F)(F)F)ccc1NC(=O)c1ccccc1. The van der Waals surface area contributed by atoms with Crippen molar-refractivity contribution in [2.75, 3.05) is 5.32 Å². The van der Waals surface area contributed by atoms with Crippen LogP contribution in [-0.4, -0.2) is 12.3 Å². The molecule has 2 aromatic carbocycles. The molecule has 0 aliphatic carbocycles. The molecule has 1 amide bonds. The third kappa shape index (κ3) is 4.24. The number of alkyl halides is 3. The molecule has 0 heterocycles. The number of hydrogen-bond donors (Lipinski definition) is 1. The van der Waals surface area contributed by atoms with Gasteiger partial charge in [-0.1, -0.05) is 18.2 Å². The van der Waals surface area contributed by atoms with Crippen molar-refractivity contribution in [2.24, 2.45) is 0 Å². The van der Waals surface area contributed by atoms with E-state index in [1.807, 2.05) is 0 Å². The number of rotatable bonds is 3. The van der Waals surface area contributed by atoms with Gasteiger partial charge in [-0.15, -0.1) is 13.2 Å². The predicted molar refractivity (Wildman–Crippen MR) is 72.3 cm³/mol. The molecule has 0 saturated heterocycles. The van der Waals surface area contributed by atoms with E-state index in [-0.39, 0.29) is 11.7 Å². The first-order valence-corrected chi connectivity index (χ1v) is 6.08. The fourth-order valence-corrected chi connectivity index (χ4v) is 1.76. The summed E-state index contributed by atoms with van der Waals surface area (Å²) in [4.78, 5) is 12.0. The number of hydrogen-bond acceptors (Lipinski definition) is 2. The number of amides is 1. The Morgan fingerprint density at radius 3 is 2.33 bits per heavy atom. The number of halogens is 3. The minimum atomic E-state index is -4.73. The van der Waals surface area contributed by atoms with E-state index in [1.165, 1.54) is 12.1 Å². The summed E-state index contributed by atoms with van der Waals surface area (Å²) < 4.78 is 40.2. The van der Waals surface area contributed by atoms with Gasteiger partial charge in [0.15, 0.2) is 0 Å². The first kappa shape index (κ1) is 14.9. The molecule has 2 aromatic rings. The van der Waals surface area contributed by atoms with Crippen LogP contribution >= 0.6 is 0 Å². The molecule has 0 spiro atoms.